The van der Waals surface area contributed by atoms with Crippen molar-refractivity contribution < 1.29 is 19.0 Å². The third-order valence-corrected chi connectivity index (χ3v) is 6.27. The predicted octanol–water partition coefficient (Wildman–Crippen LogP) is 3.85. The van der Waals surface area contributed by atoms with E-state index in [4.69, 9.17) is 26.4 Å². The van der Waals surface area contributed by atoms with Gasteiger partial charge in [0.25, 0.3) is 0 Å². The Morgan fingerprint density at radius 1 is 1.16 bits per heavy atom. The molecule has 1 N–H and O–H groups in total. The minimum atomic E-state index is -1.01. The highest BCUT2D eigenvalue weighted by Gasteiger charge is 2.59. The van der Waals surface area contributed by atoms with Gasteiger partial charge in [0, 0.05) is 12.1 Å². The van der Waals surface area contributed by atoms with Crippen LogP contribution in [-0.2, 0) is 16.0 Å². The second-order valence-electron chi connectivity index (χ2n) is 7.81. The molecule has 31 heavy (non-hydrogen) atoms. The molecular formula is C24H28N2O4S. The quantitative estimate of drug-likeness (QED) is 0.518. The average molecular weight is 441 g/mol. The molecule has 1 saturated heterocycles. The lowest BCUT2D eigenvalue weighted by molar-refractivity contribution is -0.175. The van der Waals surface area contributed by atoms with E-state index in [0.717, 1.165) is 12.0 Å². The van der Waals surface area contributed by atoms with E-state index in [0.29, 0.717) is 36.4 Å². The van der Waals surface area contributed by atoms with Crippen molar-refractivity contribution in [3.63, 3.8) is 0 Å². The van der Waals surface area contributed by atoms with Gasteiger partial charge in [0.15, 0.2) is 22.3 Å². The van der Waals surface area contributed by atoms with E-state index in [9.17, 15) is 4.79 Å². The van der Waals surface area contributed by atoms with Crippen molar-refractivity contribution in [3.8, 4) is 11.5 Å². The molecule has 0 unspecified atom stereocenters. The highest BCUT2D eigenvalue weighted by Crippen LogP contribution is 2.51. The smallest absolute Gasteiger partial charge is 0.317 e. The summed E-state index contributed by atoms with van der Waals surface area (Å²) in [6.45, 7) is 7.09. The van der Waals surface area contributed by atoms with Gasteiger partial charge in [-0.3, -0.25) is 4.79 Å². The van der Waals surface area contributed by atoms with Crippen LogP contribution in [0.5, 0.6) is 11.5 Å². The zero-order chi connectivity index (χ0) is 22.0. The first-order valence-electron chi connectivity index (χ1n) is 10.7. The summed E-state index contributed by atoms with van der Waals surface area (Å²) in [5, 5.41) is 3.96. The number of esters is 1. The number of rotatable bonds is 7. The Labute approximate surface area is 188 Å². The number of hydrogen-bond donors (Lipinski definition) is 1. The number of para-hydroxylation sites is 1. The number of carbonyl (C=O) groups is 1. The van der Waals surface area contributed by atoms with Crippen LogP contribution in [0.15, 0.2) is 48.5 Å². The number of ether oxygens (including phenoxy) is 3. The van der Waals surface area contributed by atoms with E-state index in [1.165, 1.54) is 5.56 Å². The van der Waals surface area contributed by atoms with E-state index in [1.807, 2.05) is 62.1 Å². The summed E-state index contributed by atoms with van der Waals surface area (Å²) < 4.78 is 17.9. The molecule has 4 rings (SSSR count). The fourth-order valence-electron chi connectivity index (χ4n) is 4.51. The molecule has 0 saturated carbocycles. The van der Waals surface area contributed by atoms with Crippen LogP contribution in [0, 0.1) is 5.92 Å². The van der Waals surface area contributed by atoms with Crippen molar-refractivity contribution in [2.45, 2.75) is 39.0 Å². The summed E-state index contributed by atoms with van der Waals surface area (Å²) in [5.74, 6) is 0.426. The zero-order valence-electron chi connectivity index (χ0n) is 18.1. The topological polar surface area (TPSA) is 60.0 Å². The molecule has 2 aliphatic heterocycles. The molecule has 2 heterocycles. The number of benzene rings is 2. The molecular weight excluding hydrogens is 412 g/mol. The second-order valence-corrected chi connectivity index (χ2v) is 8.20. The fourth-order valence-corrected chi connectivity index (χ4v) is 4.91. The zero-order valence-corrected chi connectivity index (χ0v) is 18.9. The van der Waals surface area contributed by atoms with Gasteiger partial charge in [-0.15, -0.1) is 0 Å². The minimum absolute atomic E-state index is 0.304. The molecule has 0 spiro atoms. The molecule has 0 aromatic heterocycles. The molecule has 0 aliphatic carbocycles. The van der Waals surface area contributed by atoms with Crippen LogP contribution in [0.1, 0.15) is 37.9 Å². The summed E-state index contributed by atoms with van der Waals surface area (Å²) in [7, 11) is 0. The lowest BCUT2D eigenvalue weighted by Gasteiger charge is -2.55. The Balaban J connectivity index is 1.75. The number of fused-ring (bicyclic) bond motifs is 4. The standard InChI is InChI=1S/C24H28N2O4S/c1-4-28-18-13-9-12-17-20-19(22(27)29-5-2)24(3,30-21(17)18)26(23(31)25-20)15-14-16-10-7-6-8-11-16/h6-13,19-20H,4-5,14-15H2,1-3H3,(H,25,31)/t19-,20-,24-/m0/s1. The first-order valence-corrected chi connectivity index (χ1v) is 11.1. The van der Waals surface area contributed by atoms with Crippen molar-refractivity contribution in [2.24, 2.45) is 5.92 Å². The number of nitrogens with one attached hydrogen (secondary N) is 1. The molecule has 0 radical (unpaired) electrons. The van der Waals surface area contributed by atoms with Crippen LogP contribution in [0.2, 0.25) is 0 Å². The molecule has 164 valence electrons. The van der Waals surface area contributed by atoms with Gasteiger partial charge in [-0.2, -0.15) is 0 Å². The van der Waals surface area contributed by atoms with Crippen molar-refractivity contribution in [1.82, 2.24) is 10.2 Å². The fraction of sp³-hybridized carbons (Fsp3) is 0.417. The third-order valence-electron chi connectivity index (χ3n) is 5.93. The molecule has 6 nitrogen and oxygen atoms in total. The Hall–Kier alpha value is -2.80. The predicted molar refractivity (Wildman–Crippen MR) is 122 cm³/mol. The number of nitrogens with zero attached hydrogens (tertiary/aromatic N) is 1. The minimum Gasteiger partial charge on any atom is -0.490 e. The van der Waals surface area contributed by atoms with Gasteiger partial charge in [0.2, 0.25) is 0 Å². The van der Waals surface area contributed by atoms with E-state index in [-0.39, 0.29) is 12.0 Å². The largest absolute Gasteiger partial charge is 0.490 e. The second kappa shape index (κ2) is 8.75. The van der Waals surface area contributed by atoms with Crippen molar-refractivity contribution in [1.29, 1.82) is 0 Å². The molecule has 7 heteroatoms. The third kappa shape index (κ3) is 3.82. The van der Waals surface area contributed by atoms with Gasteiger partial charge in [-0.25, -0.2) is 0 Å². The lowest BCUT2D eigenvalue weighted by Crippen LogP contribution is -2.71. The van der Waals surface area contributed by atoms with Gasteiger partial charge in [-0.05, 0) is 51.0 Å². The van der Waals surface area contributed by atoms with Crippen LogP contribution < -0.4 is 14.8 Å². The lowest BCUT2D eigenvalue weighted by atomic mass is 9.79. The normalized spacial score (nSPS) is 24.0. The van der Waals surface area contributed by atoms with Gasteiger partial charge < -0.3 is 24.4 Å². The van der Waals surface area contributed by atoms with Gasteiger partial charge in [0.1, 0.15) is 5.92 Å². The monoisotopic (exact) mass is 440 g/mol. The first-order chi connectivity index (χ1) is 15.0. The number of hydrogen-bond acceptors (Lipinski definition) is 5. The van der Waals surface area contributed by atoms with Gasteiger partial charge in [0.05, 0.1) is 19.3 Å². The highest BCUT2D eigenvalue weighted by molar-refractivity contribution is 7.80. The van der Waals surface area contributed by atoms with Crippen LogP contribution in [0.25, 0.3) is 0 Å². The first kappa shape index (κ1) is 21.4. The number of thiocarbonyl (C=S) groups is 1. The summed E-state index contributed by atoms with van der Waals surface area (Å²) in [6.07, 6.45) is 0.766. The molecule has 2 aromatic carbocycles. The molecule has 1 fully saturated rings. The van der Waals surface area contributed by atoms with Crippen molar-refractivity contribution in [3.05, 3.63) is 59.7 Å². The van der Waals surface area contributed by atoms with Crippen molar-refractivity contribution in [2.75, 3.05) is 19.8 Å². The maximum atomic E-state index is 13.1. The molecule has 0 amide bonds. The summed E-state index contributed by atoms with van der Waals surface area (Å²) in [4.78, 5) is 15.1. The molecule has 2 bridgehead atoms. The Bertz CT molecular complexity index is 967. The van der Waals surface area contributed by atoms with Crippen LogP contribution >= 0.6 is 12.2 Å². The summed E-state index contributed by atoms with van der Waals surface area (Å²) in [6, 6.07) is 15.6. The van der Waals surface area contributed by atoms with E-state index in [2.05, 4.69) is 17.4 Å². The maximum Gasteiger partial charge on any atom is 0.317 e. The molecule has 3 atom stereocenters. The highest BCUT2D eigenvalue weighted by atomic mass is 32.1. The Morgan fingerprint density at radius 3 is 2.65 bits per heavy atom. The van der Waals surface area contributed by atoms with Crippen molar-refractivity contribution >= 4 is 23.3 Å². The SMILES string of the molecule is CCOC(=O)[C@@H]1[C@H]2NC(=S)N(CCc3ccccc3)[C@@]1(C)Oc1c(OCC)cccc12. The van der Waals surface area contributed by atoms with Crippen LogP contribution in [-0.4, -0.2) is 41.5 Å². The summed E-state index contributed by atoms with van der Waals surface area (Å²) in [5.41, 5.74) is 1.04. The Kier molecular flexibility index (Phi) is 6.05. The summed E-state index contributed by atoms with van der Waals surface area (Å²) >= 11 is 5.74. The van der Waals surface area contributed by atoms with E-state index < -0.39 is 11.6 Å². The average Bonchev–Trinajstić information content (AvgIpc) is 2.75. The molecule has 2 aromatic rings. The van der Waals surface area contributed by atoms with Crippen LogP contribution in [0.4, 0.5) is 0 Å². The maximum absolute atomic E-state index is 13.1. The molecule has 2 aliphatic rings. The van der Waals surface area contributed by atoms with Gasteiger partial charge in [-0.1, -0.05) is 42.5 Å². The Morgan fingerprint density at radius 2 is 1.94 bits per heavy atom. The van der Waals surface area contributed by atoms with Gasteiger partial charge >= 0.3 is 5.97 Å². The van der Waals surface area contributed by atoms with E-state index >= 15 is 0 Å². The van der Waals surface area contributed by atoms with Crippen LogP contribution in [0.3, 0.4) is 0 Å². The number of carbonyl (C=O) groups excluding carboxylic acids is 1. The van der Waals surface area contributed by atoms with E-state index in [1.54, 1.807) is 0 Å².